The van der Waals surface area contributed by atoms with Crippen LogP contribution >= 0.6 is 11.3 Å². The first-order valence-corrected chi connectivity index (χ1v) is 7.30. The molecule has 0 aliphatic carbocycles. The summed E-state index contributed by atoms with van der Waals surface area (Å²) in [5, 5.41) is 7.97. The van der Waals surface area contributed by atoms with Crippen molar-refractivity contribution < 1.29 is 0 Å². The van der Waals surface area contributed by atoms with E-state index in [1.54, 1.807) is 11.3 Å². The van der Waals surface area contributed by atoms with Crippen molar-refractivity contribution in [2.75, 3.05) is 46.8 Å². The van der Waals surface area contributed by atoms with Crippen LogP contribution in [-0.4, -0.2) is 62.7 Å². The van der Waals surface area contributed by atoms with E-state index in [0.717, 1.165) is 19.5 Å². The number of piperazine rings is 1. The van der Waals surface area contributed by atoms with Crippen molar-refractivity contribution in [1.29, 1.82) is 0 Å². The molecule has 1 atom stereocenters. The largest absolute Gasteiger partial charge is 0.315 e. The molecule has 1 saturated heterocycles. The lowest BCUT2D eigenvalue weighted by atomic mass is 10.2. The maximum Gasteiger partial charge on any atom is 0.0345 e. The van der Waals surface area contributed by atoms with Crippen molar-refractivity contribution in [1.82, 2.24) is 15.1 Å². The predicted molar refractivity (Wildman–Crippen MR) is 74.8 cm³/mol. The maximum atomic E-state index is 3.58. The van der Waals surface area contributed by atoms with Crippen LogP contribution < -0.4 is 5.32 Å². The number of nitrogens with zero attached hydrogens (tertiary/aromatic N) is 2. The molecule has 1 aliphatic heterocycles. The molecule has 1 fully saturated rings. The van der Waals surface area contributed by atoms with Gasteiger partial charge in [-0.25, -0.2) is 0 Å². The standard InChI is InChI=1S/C13H23N3S/c1-15-6-7-16(2)13(10-15)9-14-5-3-12-4-8-17-11-12/h4,8,11,13-14H,3,5-7,9-10H2,1-2H3. The summed E-state index contributed by atoms with van der Waals surface area (Å²) in [4.78, 5) is 4.89. The summed E-state index contributed by atoms with van der Waals surface area (Å²) in [6.07, 6.45) is 1.15. The minimum atomic E-state index is 0.663. The Kier molecular flexibility index (Phi) is 4.98. The Morgan fingerprint density at radius 1 is 1.41 bits per heavy atom. The smallest absolute Gasteiger partial charge is 0.0345 e. The van der Waals surface area contributed by atoms with Gasteiger partial charge >= 0.3 is 0 Å². The number of nitrogens with one attached hydrogen (secondary N) is 1. The number of thiophene rings is 1. The van der Waals surface area contributed by atoms with Gasteiger partial charge in [0.2, 0.25) is 0 Å². The van der Waals surface area contributed by atoms with Crippen molar-refractivity contribution in [3.8, 4) is 0 Å². The SMILES string of the molecule is CN1CCN(C)C(CNCCc2ccsc2)C1. The Bertz CT molecular complexity index is 312. The molecular formula is C13H23N3S. The van der Waals surface area contributed by atoms with Crippen LogP contribution in [0.5, 0.6) is 0 Å². The van der Waals surface area contributed by atoms with Crippen LogP contribution in [0, 0.1) is 0 Å². The molecule has 96 valence electrons. The van der Waals surface area contributed by atoms with Gasteiger partial charge in [0.1, 0.15) is 0 Å². The molecule has 2 heterocycles. The number of hydrogen-bond acceptors (Lipinski definition) is 4. The first-order chi connectivity index (χ1) is 8.25. The molecule has 1 aliphatic rings. The highest BCUT2D eigenvalue weighted by atomic mass is 32.1. The van der Waals surface area contributed by atoms with Gasteiger partial charge in [0.05, 0.1) is 0 Å². The lowest BCUT2D eigenvalue weighted by molar-refractivity contribution is 0.113. The van der Waals surface area contributed by atoms with Gasteiger partial charge in [-0.15, -0.1) is 0 Å². The molecule has 2 rings (SSSR count). The van der Waals surface area contributed by atoms with Crippen molar-refractivity contribution in [3.63, 3.8) is 0 Å². The molecule has 0 bridgehead atoms. The van der Waals surface area contributed by atoms with Crippen molar-refractivity contribution in [3.05, 3.63) is 22.4 Å². The highest BCUT2D eigenvalue weighted by molar-refractivity contribution is 7.07. The van der Waals surface area contributed by atoms with Crippen molar-refractivity contribution in [2.45, 2.75) is 12.5 Å². The summed E-state index contributed by atoms with van der Waals surface area (Å²) in [6.45, 7) is 5.76. The van der Waals surface area contributed by atoms with Gasteiger partial charge in [0.25, 0.3) is 0 Å². The van der Waals surface area contributed by atoms with E-state index < -0.39 is 0 Å². The summed E-state index contributed by atoms with van der Waals surface area (Å²) in [5.41, 5.74) is 1.46. The molecule has 0 amide bonds. The van der Waals surface area contributed by atoms with Crippen molar-refractivity contribution >= 4 is 11.3 Å². The zero-order chi connectivity index (χ0) is 12.1. The quantitative estimate of drug-likeness (QED) is 0.794. The van der Waals surface area contributed by atoms with Gasteiger partial charge in [0.15, 0.2) is 0 Å². The van der Waals surface area contributed by atoms with Gasteiger partial charge in [-0.2, -0.15) is 11.3 Å². The van der Waals surface area contributed by atoms with Gasteiger partial charge in [0, 0.05) is 32.2 Å². The Morgan fingerprint density at radius 3 is 3.06 bits per heavy atom. The zero-order valence-electron chi connectivity index (χ0n) is 10.9. The number of likely N-dealkylation sites (N-methyl/N-ethyl adjacent to an activating group) is 2. The molecular weight excluding hydrogens is 230 g/mol. The zero-order valence-corrected chi connectivity index (χ0v) is 11.7. The second-order valence-electron chi connectivity index (χ2n) is 4.98. The fraction of sp³-hybridized carbons (Fsp3) is 0.692. The highest BCUT2D eigenvalue weighted by Crippen LogP contribution is 2.07. The third kappa shape index (κ3) is 4.07. The molecule has 0 radical (unpaired) electrons. The van der Waals surface area contributed by atoms with E-state index in [9.17, 15) is 0 Å². The second-order valence-corrected chi connectivity index (χ2v) is 5.76. The molecule has 0 spiro atoms. The molecule has 17 heavy (non-hydrogen) atoms. The molecule has 1 N–H and O–H groups in total. The summed E-state index contributed by atoms with van der Waals surface area (Å²) in [7, 11) is 4.45. The summed E-state index contributed by atoms with van der Waals surface area (Å²) in [6, 6.07) is 2.88. The van der Waals surface area contributed by atoms with E-state index in [2.05, 4.69) is 46.0 Å². The van der Waals surface area contributed by atoms with E-state index in [0.29, 0.717) is 6.04 Å². The lowest BCUT2D eigenvalue weighted by Gasteiger charge is -2.37. The van der Waals surface area contributed by atoms with E-state index >= 15 is 0 Å². The Balaban J connectivity index is 1.64. The molecule has 1 aromatic heterocycles. The summed E-state index contributed by atoms with van der Waals surface area (Å²) >= 11 is 1.78. The molecule has 4 heteroatoms. The van der Waals surface area contributed by atoms with E-state index in [4.69, 9.17) is 0 Å². The van der Waals surface area contributed by atoms with E-state index in [-0.39, 0.29) is 0 Å². The van der Waals surface area contributed by atoms with Crippen LogP contribution in [0.25, 0.3) is 0 Å². The van der Waals surface area contributed by atoms with Gasteiger partial charge in [-0.3, -0.25) is 4.90 Å². The average Bonchev–Trinajstić information content (AvgIpc) is 2.82. The second kappa shape index (κ2) is 6.50. The first-order valence-electron chi connectivity index (χ1n) is 6.36. The van der Waals surface area contributed by atoms with Crippen LogP contribution in [-0.2, 0) is 6.42 Å². The fourth-order valence-corrected chi connectivity index (χ4v) is 2.96. The first kappa shape index (κ1) is 13.0. The average molecular weight is 253 g/mol. The van der Waals surface area contributed by atoms with Crippen LogP contribution in [0.4, 0.5) is 0 Å². The van der Waals surface area contributed by atoms with Crippen LogP contribution in [0.2, 0.25) is 0 Å². The predicted octanol–water partition coefficient (Wildman–Crippen LogP) is 1.13. The minimum absolute atomic E-state index is 0.663. The summed E-state index contributed by atoms with van der Waals surface area (Å²) < 4.78 is 0. The normalized spacial score (nSPS) is 23.1. The van der Waals surface area contributed by atoms with Crippen LogP contribution in [0.3, 0.4) is 0 Å². The number of rotatable bonds is 5. The fourth-order valence-electron chi connectivity index (χ4n) is 2.26. The Morgan fingerprint density at radius 2 is 2.29 bits per heavy atom. The topological polar surface area (TPSA) is 18.5 Å². The van der Waals surface area contributed by atoms with Gasteiger partial charge in [-0.1, -0.05) is 0 Å². The molecule has 3 nitrogen and oxygen atoms in total. The maximum absolute atomic E-state index is 3.58. The van der Waals surface area contributed by atoms with Crippen LogP contribution in [0.1, 0.15) is 5.56 Å². The van der Waals surface area contributed by atoms with E-state index in [1.165, 1.54) is 25.2 Å². The number of hydrogen-bond donors (Lipinski definition) is 1. The lowest BCUT2D eigenvalue weighted by Crippen LogP contribution is -2.53. The third-order valence-corrected chi connectivity index (χ3v) is 4.26. The van der Waals surface area contributed by atoms with Gasteiger partial charge in [-0.05, 0) is 49.5 Å². The Hall–Kier alpha value is -0.420. The van der Waals surface area contributed by atoms with Gasteiger partial charge < -0.3 is 10.2 Å². The highest BCUT2D eigenvalue weighted by Gasteiger charge is 2.21. The monoisotopic (exact) mass is 253 g/mol. The molecule has 0 saturated carbocycles. The van der Waals surface area contributed by atoms with Crippen molar-refractivity contribution in [2.24, 2.45) is 0 Å². The van der Waals surface area contributed by atoms with Crippen LogP contribution in [0.15, 0.2) is 16.8 Å². The summed E-state index contributed by atoms with van der Waals surface area (Å²) in [5.74, 6) is 0. The third-order valence-electron chi connectivity index (χ3n) is 3.53. The Labute approximate surface area is 108 Å². The molecule has 1 unspecified atom stereocenters. The van der Waals surface area contributed by atoms with E-state index in [1.807, 2.05) is 0 Å². The molecule has 0 aromatic carbocycles. The molecule has 1 aromatic rings. The minimum Gasteiger partial charge on any atom is -0.315 e.